The monoisotopic (exact) mass is 233 g/mol. The summed E-state index contributed by atoms with van der Waals surface area (Å²) in [5.74, 6) is -0.117. The Morgan fingerprint density at radius 1 is 1.73 bits per heavy atom. The summed E-state index contributed by atoms with van der Waals surface area (Å²) < 4.78 is 5.03. The molecule has 0 bridgehead atoms. The molecule has 0 saturated carbocycles. The van der Waals surface area contributed by atoms with E-state index in [1.54, 1.807) is 11.8 Å². The van der Waals surface area contributed by atoms with Crippen LogP contribution in [0, 0.1) is 0 Å². The smallest absolute Gasteiger partial charge is 0.321 e. The van der Waals surface area contributed by atoms with E-state index in [0.717, 1.165) is 25.2 Å². The van der Waals surface area contributed by atoms with Crippen LogP contribution in [0.4, 0.5) is 0 Å². The van der Waals surface area contributed by atoms with Crippen LogP contribution in [0.5, 0.6) is 0 Å². The zero-order valence-corrected chi connectivity index (χ0v) is 10.0. The molecule has 1 heterocycles. The topological polar surface area (TPSA) is 72.5 Å². The molecule has 4 nitrogen and oxygen atoms in total. The van der Waals surface area contributed by atoms with Crippen molar-refractivity contribution in [2.24, 2.45) is 5.73 Å². The van der Waals surface area contributed by atoms with Gasteiger partial charge in [-0.1, -0.05) is 0 Å². The Kier molecular flexibility index (Phi) is 4.43. The number of carbonyl (C=O) groups is 1. The van der Waals surface area contributed by atoms with E-state index in [1.165, 1.54) is 0 Å². The van der Waals surface area contributed by atoms with Crippen LogP contribution in [0.15, 0.2) is 0 Å². The average Bonchev–Trinajstić information content (AvgIpc) is 2.66. The van der Waals surface area contributed by atoms with Crippen molar-refractivity contribution < 1.29 is 14.6 Å². The first-order valence-electron chi connectivity index (χ1n) is 5.17. The van der Waals surface area contributed by atoms with Crippen LogP contribution in [0.1, 0.15) is 26.7 Å². The van der Waals surface area contributed by atoms with Gasteiger partial charge in [-0.15, -0.1) is 0 Å². The number of carboxylic acid groups (broad SMARTS) is 1. The molecule has 0 aromatic carbocycles. The molecule has 5 heteroatoms. The maximum atomic E-state index is 10.8. The number of carboxylic acids is 1. The van der Waals surface area contributed by atoms with Crippen molar-refractivity contribution in [2.75, 3.05) is 12.4 Å². The van der Waals surface area contributed by atoms with Gasteiger partial charge in [-0.3, -0.25) is 4.79 Å². The number of rotatable bonds is 5. The van der Waals surface area contributed by atoms with Gasteiger partial charge < -0.3 is 15.6 Å². The highest BCUT2D eigenvalue weighted by Crippen LogP contribution is 2.30. The lowest BCUT2D eigenvalue weighted by atomic mass is 10.1. The minimum atomic E-state index is -0.945. The summed E-state index contributed by atoms with van der Waals surface area (Å²) >= 11 is 1.58. The number of nitrogens with two attached hydrogens (primary N) is 1. The third-order valence-electron chi connectivity index (χ3n) is 2.68. The van der Waals surface area contributed by atoms with Crippen LogP contribution in [-0.4, -0.2) is 40.3 Å². The Balaban J connectivity index is 2.37. The van der Waals surface area contributed by atoms with Gasteiger partial charge in [0.25, 0.3) is 0 Å². The molecular weight excluding hydrogens is 214 g/mol. The van der Waals surface area contributed by atoms with Crippen molar-refractivity contribution in [1.82, 2.24) is 0 Å². The number of hydrogen-bond donors (Lipinski definition) is 2. The van der Waals surface area contributed by atoms with E-state index < -0.39 is 16.8 Å². The van der Waals surface area contributed by atoms with Crippen LogP contribution in [0.2, 0.25) is 0 Å². The molecule has 1 saturated heterocycles. The Labute approximate surface area is 94.6 Å². The van der Waals surface area contributed by atoms with Gasteiger partial charge in [0.05, 0.1) is 6.10 Å². The van der Waals surface area contributed by atoms with Gasteiger partial charge in [-0.05, 0) is 26.7 Å². The van der Waals surface area contributed by atoms with E-state index in [2.05, 4.69) is 0 Å². The predicted molar refractivity (Wildman–Crippen MR) is 61.1 cm³/mol. The van der Waals surface area contributed by atoms with Gasteiger partial charge in [-0.2, -0.15) is 11.8 Å². The number of thioether (sulfide) groups is 1. The second-order valence-corrected chi connectivity index (χ2v) is 6.04. The zero-order valence-electron chi connectivity index (χ0n) is 9.23. The second-order valence-electron chi connectivity index (χ2n) is 4.37. The van der Waals surface area contributed by atoms with E-state index >= 15 is 0 Å². The lowest BCUT2D eigenvalue weighted by Crippen LogP contribution is -2.47. The predicted octanol–water partition coefficient (Wildman–Crippen LogP) is 1.09. The van der Waals surface area contributed by atoms with Gasteiger partial charge in [0.2, 0.25) is 0 Å². The number of hydrogen-bond acceptors (Lipinski definition) is 4. The summed E-state index contributed by atoms with van der Waals surface area (Å²) in [5, 5.41) is 8.84. The van der Waals surface area contributed by atoms with Gasteiger partial charge in [-0.25, -0.2) is 0 Å². The maximum absolute atomic E-state index is 10.8. The molecule has 2 atom stereocenters. The van der Waals surface area contributed by atoms with Crippen LogP contribution in [0.3, 0.4) is 0 Å². The van der Waals surface area contributed by atoms with Crippen LogP contribution in [0.25, 0.3) is 0 Å². The highest BCUT2D eigenvalue weighted by molar-refractivity contribution is 8.00. The summed E-state index contributed by atoms with van der Waals surface area (Å²) in [6, 6.07) is -0.830. The van der Waals surface area contributed by atoms with Crippen molar-refractivity contribution >= 4 is 17.7 Å². The summed E-state index contributed by atoms with van der Waals surface area (Å²) in [7, 11) is 0. The maximum Gasteiger partial charge on any atom is 0.321 e. The van der Waals surface area contributed by atoms with Gasteiger partial charge in [0.1, 0.15) is 6.04 Å². The molecule has 0 radical (unpaired) electrons. The number of ether oxygens (including phenoxy) is 1. The Morgan fingerprint density at radius 3 is 2.87 bits per heavy atom. The van der Waals surface area contributed by atoms with E-state index in [4.69, 9.17) is 15.6 Å². The molecule has 0 aliphatic carbocycles. The SMILES string of the molecule is CC(C)(SCC1CCCO1)[C@H](N)C(=O)O. The molecule has 0 spiro atoms. The lowest BCUT2D eigenvalue weighted by Gasteiger charge is -2.28. The Morgan fingerprint density at radius 2 is 2.40 bits per heavy atom. The largest absolute Gasteiger partial charge is 0.480 e. The normalized spacial score (nSPS) is 24.1. The van der Waals surface area contributed by atoms with Crippen molar-refractivity contribution in [2.45, 2.75) is 43.6 Å². The van der Waals surface area contributed by atoms with E-state index in [1.807, 2.05) is 13.8 Å². The van der Waals surface area contributed by atoms with E-state index in [-0.39, 0.29) is 6.10 Å². The molecule has 1 aliphatic rings. The fraction of sp³-hybridized carbons (Fsp3) is 0.900. The van der Waals surface area contributed by atoms with Crippen LogP contribution in [-0.2, 0) is 9.53 Å². The van der Waals surface area contributed by atoms with Crippen LogP contribution >= 0.6 is 11.8 Å². The fourth-order valence-electron chi connectivity index (χ4n) is 1.47. The highest BCUT2D eigenvalue weighted by Gasteiger charge is 2.33. The molecule has 1 unspecified atom stereocenters. The third-order valence-corrected chi connectivity index (χ3v) is 4.22. The first-order valence-corrected chi connectivity index (χ1v) is 6.16. The molecule has 1 rings (SSSR count). The minimum absolute atomic E-state index is 0.273. The average molecular weight is 233 g/mol. The number of aliphatic carboxylic acids is 1. The zero-order chi connectivity index (χ0) is 11.5. The van der Waals surface area contributed by atoms with Gasteiger partial charge in [0.15, 0.2) is 0 Å². The molecule has 0 aromatic heterocycles. The Hall–Kier alpha value is -0.260. The Bertz CT molecular complexity index is 227. The van der Waals surface area contributed by atoms with E-state index in [9.17, 15) is 4.79 Å². The molecule has 0 aromatic rings. The van der Waals surface area contributed by atoms with Crippen molar-refractivity contribution in [3.05, 3.63) is 0 Å². The first-order chi connectivity index (χ1) is 6.93. The summed E-state index contributed by atoms with van der Waals surface area (Å²) in [6.07, 6.45) is 2.46. The highest BCUT2D eigenvalue weighted by atomic mass is 32.2. The van der Waals surface area contributed by atoms with Gasteiger partial charge >= 0.3 is 5.97 Å². The summed E-state index contributed by atoms with van der Waals surface area (Å²) in [6.45, 7) is 4.56. The van der Waals surface area contributed by atoms with Crippen molar-refractivity contribution in [1.29, 1.82) is 0 Å². The molecule has 1 fully saturated rings. The summed E-state index contributed by atoms with van der Waals surface area (Å²) in [5.41, 5.74) is 5.62. The van der Waals surface area contributed by atoms with Gasteiger partial charge in [0, 0.05) is 17.1 Å². The lowest BCUT2D eigenvalue weighted by molar-refractivity contribution is -0.139. The van der Waals surface area contributed by atoms with Crippen molar-refractivity contribution in [3.8, 4) is 0 Å². The molecule has 88 valence electrons. The second kappa shape index (κ2) is 5.18. The fourth-order valence-corrected chi connectivity index (χ4v) is 2.63. The summed E-state index contributed by atoms with van der Waals surface area (Å²) in [4.78, 5) is 10.8. The van der Waals surface area contributed by atoms with Crippen molar-refractivity contribution in [3.63, 3.8) is 0 Å². The molecule has 1 aliphatic heterocycles. The standard InChI is InChI=1S/C10H19NO3S/c1-10(2,8(11)9(12)13)15-6-7-4-3-5-14-7/h7-8H,3-6,11H2,1-2H3,(H,12,13)/t7?,8-/m1/s1. The third kappa shape index (κ3) is 3.66. The first kappa shape index (κ1) is 12.8. The molecule has 0 amide bonds. The quantitative estimate of drug-likeness (QED) is 0.743. The minimum Gasteiger partial charge on any atom is -0.480 e. The molecule has 3 N–H and O–H groups in total. The van der Waals surface area contributed by atoms with Crippen LogP contribution < -0.4 is 5.73 Å². The van der Waals surface area contributed by atoms with E-state index in [0.29, 0.717) is 0 Å². The molecular formula is C10H19NO3S. The molecule has 15 heavy (non-hydrogen) atoms.